The highest BCUT2D eigenvalue weighted by Gasteiger charge is 2.22. The maximum absolute atomic E-state index is 11.9. The topological polar surface area (TPSA) is 50.4 Å². The smallest absolute Gasteiger partial charge is 0.228 e. The van der Waals surface area contributed by atoms with Crippen LogP contribution in [0.1, 0.15) is 13.3 Å². The highest BCUT2D eigenvalue weighted by molar-refractivity contribution is 5.93. The van der Waals surface area contributed by atoms with Gasteiger partial charge in [-0.05, 0) is 32.0 Å². The molecule has 1 unspecified atom stereocenters. The van der Waals surface area contributed by atoms with E-state index in [1.165, 1.54) is 0 Å². The van der Waals surface area contributed by atoms with E-state index in [0.29, 0.717) is 6.61 Å². The number of halogens is 1. The standard InChI is InChI=1S/C13H18N2O2.ClH/c1-2-17-12-5-3-4-11(8-12)15-13(16)10-6-7-14-9-10;/h3-5,8,10,14H,2,6-7,9H2,1H3,(H,15,16);1H. The van der Waals surface area contributed by atoms with E-state index in [1.54, 1.807) is 0 Å². The maximum Gasteiger partial charge on any atom is 0.228 e. The number of carbonyl (C=O) groups is 1. The van der Waals surface area contributed by atoms with Crippen LogP contribution in [0.2, 0.25) is 0 Å². The average molecular weight is 271 g/mol. The number of ether oxygens (including phenoxy) is 1. The molecule has 2 rings (SSSR count). The van der Waals surface area contributed by atoms with E-state index in [2.05, 4.69) is 10.6 Å². The molecule has 1 amide bonds. The molecule has 100 valence electrons. The molecular formula is C13H19ClN2O2. The van der Waals surface area contributed by atoms with Crippen LogP contribution in [0.3, 0.4) is 0 Å². The minimum Gasteiger partial charge on any atom is -0.494 e. The molecule has 18 heavy (non-hydrogen) atoms. The molecule has 0 bridgehead atoms. The lowest BCUT2D eigenvalue weighted by Gasteiger charge is -2.11. The molecule has 1 heterocycles. The van der Waals surface area contributed by atoms with Gasteiger partial charge in [0.25, 0.3) is 0 Å². The van der Waals surface area contributed by atoms with Crippen molar-refractivity contribution in [1.29, 1.82) is 0 Å². The molecule has 1 aliphatic heterocycles. The van der Waals surface area contributed by atoms with Crippen molar-refractivity contribution in [1.82, 2.24) is 5.32 Å². The molecular weight excluding hydrogens is 252 g/mol. The predicted molar refractivity (Wildman–Crippen MR) is 74.5 cm³/mol. The molecule has 0 aromatic heterocycles. The summed E-state index contributed by atoms with van der Waals surface area (Å²) in [4.78, 5) is 11.9. The lowest BCUT2D eigenvalue weighted by molar-refractivity contribution is -0.119. The third-order valence-electron chi connectivity index (χ3n) is 2.84. The second-order valence-corrected chi connectivity index (χ2v) is 4.14. The number of carbonyl (C=O) groups excluding carboxylic acids is 1. The summed E-state index contributed by atoms with van der Waals surface area (Å²) in [5, 5.41) is 6.11. The van der Waals surface area contributed by atoms with Gasteiger partial charge in [-0.2, -0.15) is 0 Å². The monoisotopic (exact) mass is 270 g/mol. The summed E-state index contributed by atoms with van der Waals surface area (Å²) in [7, 11) is 0. The summed E-state index contributed by atoms with van der Waals surface area (Å²) in [6, 6.07) is 7.50. The van der Waals surface area contributed by atoms with Gasteiger partial charge in [0.1, 0.15) is 5.75 Å². The van der Waals surface area contributed by atoms with Crippen molar-refractivity contribution in [3.8, 4) is 5.75 Å². The molecule has 2 N–H and O–H groups in total. The Balaban J connectivity index is 0.00000162. The number of benzene rings is 1. The zero-order chi connectivity index (χ0) is 12.1. The van der Waals surface area contributed by atoms with Crippen LogP contribution in [0.4, 0.5) is 5.69 Å². The lowest BCUT2D eigenvalue weighted by Crippen LogP contribution is -2.24. The summed E-state index contributed by atoms with van der Waals surface area (Å²) >= 11 is 0. The van der Waals surface area contributed by atoms with Crippen molar-refractivity contribution in [3.05, 3.63) is 24.3 Å². The predicted octanol–water partition coefficient (Wildman–Crippen LogP) is 2.06. The lowest BCUT2D eigenvalue weighted by atomic mass is 10.1. The molecule has 1 saturated heterocycles. The van der Waals surface area contributed by atoms with E-state index in [1.807, 2.05) is 31.2 Å². The molecule has 0 spiro atoms. The van der Waals surface area contributed by atoms with Crippen molar-refractivity contribution in [3.63, 3.8) is 0 Å². The van der Waals surface area contributed by atoms with Gasteiger partial charge in [0, 0.05) is 18.3 Å². The molecule has 1 atom stereocenters. The molecule has 0 radical (unpaired) electrons. The van der Waals surface area contributed by atoms with Crippen LogP contribution < -0.4 is 15.4 Å². The first kappa shape index (κ1) is 14.8. The summed E-state index contributed by atoms with van der Waals surface area (Å²) in [5.74, 6) is 0.962. The Kier molecular flexibility index (Phi) is 5.95. The van der Waals surface area contributed by atoms with E-state index in [4.69, 9.17) is 4.74 Å². The van der Waals surface area contributed by atoms with Crippen LogP contribution in [0.15, 0.2) is 24.3 Å². The van der Waals surface area contributed by atoms with Crippen molar-refractivity contribution in [2.75, 3.05) is 25.0 Å². The number of rotatable bonds is 4. The molecule has 1 aromatic carbocycles. The van der Waals surface area contributed by atoms with Crippen LogP contribution in [0.25, 0.3) is 0 Å². The fourth-order valence-electron chi connectivity index (χ4n) is 1.95. The Hall–Kier alpha value is -1.26. The van der Waals surface area contributed by atoms with Crippen molar-refractivity contribution < 1.29 is 9.53 Å². The highest BCUT2D eigenvalue weighted by Crippen LogP contribution is 2.19. The third-order valence-corrected chi connectivity index (χ3v) is 2.84. The largest absolute Gasteiger partial charge is 0.494 e. The molecule has 0 saturated carbocycles. The van der Waals surface area contributed by atoms with Crippen molar-refractivity contribution in [2.45, 2.75) is 13.3 Å². The number of hydrogen-bond donors (Lipinski definition) is 2. The minimum absolute atomic E-state index is 0. The number of anilines is 1. The fourth-order valence-corrected chi connectivity index (χ4v) is 1.95. The SMILES string of the molecule is CCOc1cccc(NC(=O)C2CCNC2)c1.Cl. The van der Waals surface area contributed by atoms with Gasteiger partial charge in [0.05, 0.1) is 12.5 Å². The number of amides is 1. The summed E-state index contributed by atoms with van der Waals surface area (Å²) < 4.78 is 5.39. The van der Waals surface area contributed by atoms with E-state index in [0.717, 1.165) is 30.9 Å². The number of hydrogen-bond acceptors (Lipinski definition) is 3. The van der Waals surface area contributed by atoms with Gasteiger partial charge in [-0.1, -0.05) is 6.07 Å². The van der Waals surface area contributed by atoms with E-state index in [-0.39, 0.29) is 24.2 Å². The van der Waals surface area contributed by atoms with Gasteiger partial charge >= 0.3 is 0 Å². The Morgan fingerprint density at radius 1 is 1.56 bits per heavy atom. The first-order valence-corrected chi connectivity index (χ1v) is 6.04. The van der Waals surface area contributed by atoms with Crippen molar-refractivity contribution in [2.24, 2.45) is 5.92 Å². The van der Waals surface area contributed by atoms with Crippen LogP contribution >= 0.6 is 12.4 Å². The van der Waals surface area contributed by atoms with E-state index < -0.39 is 0 Å². The second-order valence-electron chi connectivity index (χ2n) is 4.14. The Bertz CT molecular complexity index is 392. The second kappa shape index (κ2) is 7.24. The number of nitrogens with one attached hydrogen (secondary N) is 2. The normalized spacial score (nSPS) is 17.9. The molecule has 1 fully saturated rings. The van der Waals surface area contributed by atoms with Crippen LogP contribution in [-0.2, 0) is 4.79 Å². The fraction of sp³-hybridized carbons (Fsp3) is 0.462. The van der Waals surface area contributed by atoms with Gasteiger partial charge in [-0.25, -0.2) is 0 Å². The van der Waals surface area contributed by atoms with Gasteiger partial charge < -0.3 is 15.4 Å². The summed E-state index contributed by atoms with van der Waals surface area (Å²) in [5.41, 5.74) is 0.799. The molecule has 1 aromatic rings. The zero-order valence-corrected chi connectivity index (χ0v) is 11.3. The van der Waals surface area contributed by atoms with Gasteiger partial charge in [-0.3, -0.25) is 4.79 Å². The maximum atomic E-state index is 11.9. The van der Waals surface area contributed by atoms with Crippen LogP contribution in [0, 0.1) is 5.92 Å². The molecule has 1 aliphatic rings. The minimum atomic E-state index is 0. The first-order chi connectivity index (χ1) is 8.29. The summed E-state index contributed by atoms with van der Waals surface area (Å²) in [6.45, 7) is 4.27. The Labute approximate surface area is 114 Å². The summed E-state index contributed by atoms with van der Waals surface area (Å²) in [6.07, 6.45) is 0.914. The zero-order valence-electron chi connectivity index (χ0n) is 10.4. The van der Waals surface area contributed by atoms with Crippen LogP contribution in [0.5, 0.6) is 5.75 Å². The van der Waals surface area contributed by atoms with Gasteiger partial charge in [0.15, 0.2) is 0 Å². The van der Waals surface area contributed by atoms with Crippen LogP contribution in [-0.4, -0.2) is 25.6 Å². The third kappa shape index (κ3) is 3.89. The van der Waals surface area contributed by atoms with E-state index in [9.17, 15) is 4.79 Å². The first-order valence-electron chi connectivity index (χ1n) is 6.04. The molecule has 0 aliphatic carbocycles. The quantitative estimate of drug-likeness (QED) is 0.881. The molecule has 5 heteroatoms. The van der Waals surface area contributed by atoms with E-state index >= 15 is 0 Å². The van der Waals surface area contributed by atoms with Gasteiger partial charge in [-0.15, -0.1) is 12.4 Å². The molecule has 4 nitrogen and oxygen atoms in total. The highest BCUT2D eigenvalue weighted by atomic mass is 35.5. The van der Waals surface area contributed by atoms with Gasteiger partial charge in [0.2, 0.25) is 5.91 Å². The van der Waals surface area contributed by atoms with Crippen molar-refractivity contribution >= 4 is 24.0 Å². The Morgan fingerprint density at radius 3 is 3.06 bits per heavy atom. The average Bonchev–Trinajstić information content (AvgIpc) is 2.83. The Morgan fingerprint density at radius 2 is 2.39 bits per heavy atom.